The van der Waals surface area contributed by atoms with E-state index in [1.807, 2.05) is 13.0 Å². The van der Waals surface area contributed by atoms with Gasteiger partial charge in [-0.25, -0.2) is 21.9 Å². The molecule has 2 aromatic carbocycles. The van der Waals surface area contributed by atoms with Crippen molar-refractivity contribution >= 4 is 10.0 Å². The molecule has 0 amide bonds. The third-order valence-electron chi connectivity index (χ3n) is 3.05. The van der Waals surface area contributed by atoms with Crippen LogP contribution in [0.2, 0.25) is 0 Å². The van der Waals surface area contributed by atoms with Gasteiger partial charge in [-0.2, -0.15) is 13.2 Å². The molecule has 9 heteroatoms. The number of alkyl halides is 3. The third-order valence-corrected chi connectivity index (χ3v) is 4.19. The second kappa shape index (κ2) is 8.91. The van der Waals surface area contributed by atoms with E-state index in [-0.39, 0.29) is 11.4 Å². The number of benzene rings is 2. The van der Waals surface area contributed by atoms with E-state index < -0.39 is 27.9 Å². The van der Waals surface area contributed by atoms with Crippen LogP contribution in [0, 0.1) is 11.6 Å². The Labute approximate surface area is 142 Å². The lowest BCUT2D eigenvalue weighted by Gasteiger charge is -2.09. The van der Waals surface area contributed by atoms with Crippen LogP contribution in [0.25, 0.3) is 0 Å². The number of nitrogens with one attached hydrogen (secondary N) is 1. The molecule has 25 heavy (non-hydrogen) atoms. The molecule has 0 atom stereocenters. The molecule has 0 aliphatic rings. The summed E-state index contributed by atoms with van der Waals surface area (Å²) in [6, 6.07) is 11.8. The van der Waals surface area contributed by atoms with Crippen molar-refractivity contribution in [2.75, 3.05) is 0 Å². The van der Waals surface area contributed by atoms with Gasteiger partial charge in [0.25, 0.3) is 0 Å². The molecule has 0 fully saturated rings. The topological polar surface area (TPSA) is 46.2 Å². The molecule has 0 radical (unpaired) electrons. The summed E-state index contributed by atoms with van der Waals surface area (Å²) >= 11 is 0. The first-order chi connectivity index (χ1) is 11.6. The van der Waals surface area contributed by atoms with Crippen LogP contribution in [0.15, 0.2) is 48.5 Å². The Morgan fingerprint density at radius 2 is 1.32 bits per heavy atom. The molecular weight excluding hydrogens is 365 g/mol. The van der Waals surface area contributed by atoms with E-state index in [2.05, 4.69) is 0 Å². The van der Waals surface area contributed by atoms with E-state index in [0.29, 0.717) is 0 Å². The van der Waals surface area contributed by atoms with Gasteiger partial charge >= 0.3 is 15.5 Å². The summed E-state index contributed by atoms with van der Waals surface area (Å²) < 4.78 is 83.6. The van der Waals surface area contributed by atoms with Gasteiger partial charge < -0.3 is 0 Å². The van der Waals surface area contributed by atoms with Crippen molar-refractivity contribution in [3.05, 3.63) is 71.3 Å². The Morgan fingerprint density at radius 1 is 0.880 bits per heavy atom. The fourth-order valence-corrected chi connectivity index (χ4v) is 2.19. The summed E-state index contributed by atoms with van der Waals surface area (Å²) in [6.07, 6.45) is 0.771. The highest BCUT2D eigenvalue weighted by atomic mass is 32.2. The smallest absolute Gasteiger partial charge is 0.207 e. The molecule has 0 heterocycles. The van der Waals surface area contributed by atoms with E-state index in [4.69, 9.17) is 0 Å². The Balaban J connectivity index is 0.000000293. The summed E-state index contributed by atoms with van der Waals surface area (Å²) in [6.45, 7) is 1.20. The van der Waals surface area contributed by atoms with Crippen LogP contribution in [0.4, 0.5) is 22.0 Å². The maximum absolute atomic E-state index is 12.9. The van der Waals surface area contributed by atoms with Gasteiger partial charge in [-0.15, -0.1) is 0 Å². The van der Waals surface area contributed by atoms with Gasteiger partial charge in [-0.1, -0.05) is 43.3 Å². The number of sulfonamides is 1. The molecule has 3 nitrogen and oxygen atoms in total. The van der Waals surface area contributed by atoms with Gasteiger partial charge in [0.05, 0.1) is 0 Å². The first kappa shape index (κ1) is 21.0. The van der Waals surface area contributed by atoms with Crippen LogP contribution in [0.1, 0.15) is 18.1 Å². The maximum Gasteiger partial charge on any atom is 0.511 e. The highest BCUT2D eigenvalue weighted by Gasteiger charge is 2.45. The lowest BCUT2D eigenvalue weighted by atomic mass is 10.2. The van der Waals surface area contributed by atoms with E-state index >= 15 is 0 Å². The summed E-state index contributed by atoms with van der Waals surface area (Å²) in [7, 11) is -5.43. The highest BCUT2D eigenvalue weighted by molar-refractivity contribution is 7.90. The normalized spacial score (nSPS) is 11.6. The van der Waals surface area contributed by atoms with Gasteiger partial charge in [-0.05, 0) is 24.1 Å². The Morgan fingerprint density at radius 3 is 1.68 bits per heavy atom. The molecule has 0 saturated carbocycles. The third kappa shape index (κ3) is 6.43. The van der Waals surface area contributed by atoms with Crippen molar-refractivity contribution < 1.29 is 30.4 Å². The second-order valence-electron chi connectivity index (χ2n) is 4.81. The molecule has 0 unspecified atom stereocenters. The van der Waals surface area contributed by atoms with Crippen LogP contribution >= 0.6 is 0 Å². The van der Waals surface area contributed by atoms with Crippen LogP contribution in [-0.4, -0.2) is 13.9 Å². The minimum atomic E-state index is -5.43. The number of aryl methyl sites for hydroxylation is 1. The fraction of sp³-hybridized carbons (Fsp3) is 0.250. The zero-order chi connectivity index (χ0) is 19.1. The number of halogens is 5. The summed E-state index contributed by atoms with van der Waals surface area (Å²) in [4.78, 5) is 0. The molecule has 0 bridgehead atoms. The Bertz CT molecular complexity index is 791. The standard InChI is InChI=1S/C8H7F4NO2S.C8H9F/c9-7-4-2-1-3-6(7)5-13-16(14,15)8(10,11)12;1-2-7-5-3-4-6-8(7)9/h1-4,13H,5H2;3-6H,2H2,1H3. The first-order valence-electron chi connectivity index (χ1n) is 7.11. The van der Waals surface area contributed by atoms with Crippen molar-refractivity contribution in [1.29, 1.82) is 0 Å². The van der Waals surface area contributed by atoms with E-state index in [9.17, 15) is 30.4 Å². The minimum absolute atomic E-state index is 0.0972. The molecule has 0 aliphatic carbocycles. The zero-order valence-electron chi connectivity index (χ0n) is 13.1. The molecular formula is C16H16F5NO2S. The zero-order valence-corrected chi connectivity index (χ0v) is 14.0. The van der Waals surface area contributed by atoms with Gasteiger partial charge in [0.15, 0.2) is 0 Å². The van der Waals surface area contributed by atoms with Gasteiger partial charge in [-0.3, -0.25) is 0 Å². The molecule has 0 spiro atoms. The lowest BCUT2D eigenvalue weighted by molar-refractivity contribution is -0.0448. The summed E-state index contributed by atoms with van der Waals surface area (Å²) in [5.41, 5.74) is -4.76. The van der Waals surface area contributed by atoms with Gasteiger partial charge in [0, 0.05) is 12.1 Å². The van der Waals surface area contributed by atoms with E-state index in [0.717, 1.165) is 18.1 Å². The van der Waals surface area contributed by atoms with Crippen LogP contribution in [0.5, 0.6) is 0 Å². The fourth-order valence-electron chi connectivity index (χ4n) is 1.68. The summed E-state index contributed by atoms with van der Waals surface area (Å²) in [5.74, 6) is -0.868. The van der Waals surface area contributed by atoms with Gasteiger partial charge in [0.2, 0.25) is 0 Å². The molecule has 1 N–H and O–H groups in total. The maximum atomic E-state index is 12.9. The average Bonchev–Trinajstić information content (AvgIpc) is 2.54. The second-order valence-corrected chi connectivity index (χ2v) is 6.57. The number of hydrogen-bond acceptors (Lipinski definition) is 2. The van der Waals surface area contributed by atoms with Crippen molar-refractivity contribution in [3.8, 4) is 0 Å². The van der Waals surface area contributed by atoms with Crippen LogP contribution in [-0.2, 0) is 23.0 Å². The molecule has 2 aromatic rings. The first-order valence-corrected chi connectivity index (χ1v) is 8.59. The quantitative estimate of drug-likeness (QED) is 0.809. The van der Waals surface area contributed by atoms with Crippen LogP contribution in [0.3, 0.4) is 0 Å². The Hall–Kier alpha value is -2.00. The number of hydrogen-bond donors (Lipinski definition) is 1. The average molecular weight is 381 g/mol. The number of rotatable bonds is 4. The molecule has 0 aromatic heterocycles. The van der Waals surface area contributed by atoms with Crippen molar-refractivity contribution in [1.82, 2.24) is 4.72 Å². The predicted octanol–water partition coefficient (Wildman–Crippen LogP) is 4.15. The Kier molecular flexibility index (Phi) is 7.50. The summed E-state index contributed by atoms with van der Waals surface area (Å²) in [5, 5.41) is 0. The molecule has 138 valence electrons. The molecule has 2 rings (SSSR count). The molecule has 0 aliphatic heterocycles. The van der Waals surface area contributed by atoms with Crippen molar-refractivity contribution in [2.24, 2.45) is 0 Å². The van der Waals surface area contributed by atoms with E-state index in [1.165, 1.54) is 29.0 Å². The largest absolute Gasteiger partial charge is 0.511 e. The molecule has 0 saturated heterocycles. The minimum Gasteiger partial charge on any atom is -0.207 e. The van der Waals surface area contributed by atoms with Crippen molar-refractivity contribution in [2.45, 2.75) is 25.4 Å². The van der Waals surface area contributed by atoms with Crippen molar-refractivity contribution in [3.63, 3.8) is 0 Å². The lowest BCUT2D eigenvalue weighted by Crippen LogP contribution is -2.36. The van der Waals surface area contributed by atoms with Crippen LogP contribution < -0.4 is 4.72 Å². The van der Waals surface area contributed by atoms with Gasteiger partial charge in [0.1, 0.15) is 11.6 Å². The monoisotopic (exact) mass is 381 g/mol. The predicted molar refractivity (Wildman–Crippen MR) is 84.0 cm³/mol. The highest BCUT2D eigenvalue weighted by Crippen LogP contribution is 2.22. The van der Waals surface area contributed by atoms with E-state index in [1.54, 1.807) is 12.1 Å². The SMILES string of the molecule is CCc1ccccc1F.O=S(=O)(NCc1ccccc1F)C(F)(F)F.